The van der Waals surface area contributed by atoms with Crippen molar-refractivity contribution in [2.24, 2.45) is 5.92 Å². The van der Waals surface area contributed by atoms with Crippen LogP contribution >= 0.6 is 0 Å². The molecule has 0 saturated heterocycles. The van der Waals surface area contributed by atoms with Gasteiger partial charge in [-0.3, -0.25) is 4.79 Å². The molecule has 0 amide bonds. The van der Waals surface area contributed by atoms with Crippen LogP contribution in [0.15, 0.2) is 48.9 Å². The van der Waals surface area contributed by atoms with Crippen LogP contribution in [0.4, 0.5) is 0 Å². The van der Waals surface area contributed by atoms with E-state index in [0.29, 0.717) is 11.8 Å². The van der Waals surface area contributed by atoms with Gasteiger partial charge in [-0.05, 0) is 80.4 Å². The van der Waals surface area contributed by atoms with Crippen molar-refractivity contribution in [1.82, 2.24) is 9.38 Å². The van der Waals surface area contributed by atoms with Gasteiger partial charge in [0, 0.05) is 5.56 Å². The smallest absolute Gasteiger partial charge is 0.159 e. The summed E-state index contributed by atoms with van der Waals surface area (Å²) in [6.45, 7) is 1.61. The van der Waals surface area contributed by atoms with Gasteiger partial charge in [0.05, 0.1) is 29.8 Å². The first kappa shape index (κ1) is 18.6. The lowest BCUT2D eigenvalue weighted by Crippen LogP contribution is -2.22. The Morgan fingerprint density at radius 2 is 1.69 bits per heavy atom. The van der Waals surface area contributed by atoms with Crippen LogP contribution in [0.1, 0.15) is 90.6 Å². The molecule has 2 heterocycles. The fourth-order valence-corrected chi connectivity index (χ4v) is 5.06. The van der Waals surface area contributed by atoms with Crippen LogP contribution in [-0.2, 0) is 0 Å². The predicted molar refractivity (Wildman–Crippen MR) is 113 cm³/mol. The molecule has 4 heteroatoms. The van der Waals surface area contributed by atoms with Crippen molar-refractivity contribution in [2.75, 3.05) is 0 Å². The molecule has 1 unspecified atom stereocenters. The molecule has 0 radical (unpaired) electrons. The van der Waals surface area contributed by atoms with Crippen molar-refractivity contribution in [3.05, 3.63) is 71.3 Å². The van der Waals surface area contributed by atoms with Gasteiger partial charge in [0.1, 0.15) is 0 Å². The minimum absolute atomic E-state index is 0.114. The highest BCUT2D eigenvalue weighted by molar-refractivity contribution is 5.94. The summed E-state index contributed by atoms with van der Waals surface area (Å²) < 4.78 is 2.10. The second kappa shape index (κ2) is 7.42. The number of rotatable bonds is 5. The molecule has 5 rings (SSSR count). The number of nitrogens with zero attached hydrogens (tertiary/aromatic N) is 2. The van der Waals surface area contributed by atoms with Gasteiger partial charge >= 0.3 is 0 Å². The van der Waals surface area contributed by atoms with Gasteiger partial charge in [-0.1, -0.05) is 30.3 Å². The molecule has 1 aromatic carbocycles. The monoisotopic (exact) mass is 388 g/mol. The first-order valence-corrected chi connectivity index (χ1v) is 10.9. The number of hydrogen-bond donors (Lipinski definition) is 1. The van der Waals surface area contributed by atoms with Gasteiger partial charge in [-0.15, -0.1) is 0 Å². The summed E-state index contributed by atoms with van der Waals surface area (Å²) in [6.07, 6.45) is 9.94. The summed E-state index contributed by atoms with van der Waals surface area (Å²) >= 11 is 0. The lowest BCUT2D eigenvalue weighted by molar-refractivity contribution is 0.0754. The van der Waals surface area contributed by atoms with Gasteiger partial charge < -0.3 is 9.51 Å². The molecular weight excluding hydrogens is 360 g/mol. The molecule has 2 aromatic heterocycles. The zero-order chi connectivity index (χ0) is 20.0. The maximum Gasteiger partial charge on any atom is 0.159 e. The predicted octanol–water partition coefficient (Wildman–Crippen LogP) is 5.42. The van der Waals surface area contributed by atoms with Crippen molar-refractivity contribution in [2.45, 2.75) is 63.4 Å². The number of benzene rings is 1. The molecule has 3 aromatic rings. The largest absolute Gasteiger partial charge is 0.387 e. The van der Waals surface area contributed by atoms with E-state index in [2.05, 4.69) is 33.7 Å². The van der Waals surface area contributed by atoms with E-state index in [1.54, 1.807) is 6.92 Å². The van der Waals surface area contributed by atoms with Crippen LogP contribution in [0.25, 0.3) is 5.52 Å². The molecular formula is C25H28N2O2. The van der Waals surface area contributed by atoms with Crippen molar-refractivity contribution >= 4 is 11.3 Å². The number of pyridine rings is 1. The molecule has 1 atom stereocenters. The Balaban J connectivity index is 1.33. The fourth-order valence-electron chi connectivity index (χ4n) is 5.06. The Morgan fingerprint density at radius 3 is 2.34 bits per heavy atom. The van der Waals surface area contributed by atoms with Crippen LogP contribution in [0, 0.1) is 5.92 Å². The maximum absolute atomic E-state index is 11.5. The van der Waals surface area contributed by atoms with Crippen molar-refractivity contribution in [3.63, 3.8) is 0 Å². The third-order valence-electron chi connectivity index (χ3n) is 6.96. The molecule has 0 bridgehead atoms. The molecule has 150 valence electrons. The Kier molecular flexibility index (Phi) is 4.75. The Hall–Kier alpha value is -2.46. The molecule has 2 aliphatic rings. The Labute approximate surface area is 171 Å². The lowest BCUT2D eigenvalue weighted by atomic mass is 9.75. The zero-order valence-corrected chi connectivity index (χ0v) is 16.9. The zero-order valence-electron chi connectivity index (χ0n) is 16.9. The van der Waals surface area contributed by atoms with Crippen molar-refractivity contribution < 1.29 is 9.90 Å². The summed E-state index contributed by atoms with van der Waals surface area (Å²) in [4.78, 5) is 15.8. The van der Waals surface area contributed by atoms with Crippen LogP contribution in [0.5, 0.6) is 0 Å². The fraction of sp³-hybridized carbons (Fsp3) is 0.440. The van der Waals surface area contributed by atoms with Crippen molar-refractivity contribution in [1.29, 1.82) is 0 Å². The summed E-state index contributed by atoms with van der Waals surface area (Å²) in [5.74, 6) is 1.52. The molecule has 2 aliphatic carbocycles. The molecule has 29 heavy (non-hydrogen) atoms. The number of carbonyl (C=O) groups is 1. The number of fused-ring (bicyclic) bond motifs is 1. The first-order valence-electron chi connectivity index (χ1n) is 10.9. The van der Waals surface area contributed by atoms with Crippen LogP contribution in [0.2, 0.25) is 0 Å². The number of ketones is 1. The van der Waals surface area contributed by atoms with Gasteiger partial charge in [0.15, 0.2) is 5.78 Å². The number of aromatic nitrogens is 2. The summed E-state index contributed by atoms with van der Waals surface area (Å²) in [5.41, 5.74) is 5.53. The number of aliphatic hydroxyl groups excluding tert-OH is 1. The first-order chi connectivity index (χ1) is 14.1. The third-order valence-corrected chi connectivity index (χ3v) is 6.96. The number of imidazole rings is 1. The molecule has 1 N–H and O–H groups in total. The summed E-state index contributed by atoms with van der Waals surface area (Å²) in [6, 6.07) is 12.4. The third kappa shape index (κ3) is 3.51. The molecule has 0 aliphatic heterocycles. The van der Waals surface area contributed by atoms with E-state index in [-0.39, 0.29) is 11.7 Å². The van der Waals surface area contributed by atoms with E-state index in [4.69, 9.17) is 0 Å². The Bertz CT molecular complexity index is 1020. The van der Waals surface area contributed by atoms with E-state index >= 15 is 0 Å². The lowest BCUT2D eigenvalue weighted by Gasteiger charge is -2.33. The normalized spacial score (nSPS) is 23.2. The summed E-state index contributed by atoms with van der Waals surface area (Å²) in [7, 11) is 0. The van der Waals surface area contributed by atoms with Crippen molar-refractivity contribution in [3.8, 4) is 0 Å². The standard InChI is InChI=1S/C25H28N2O2/c1-16(28)17-2-4-18(5-3-17)19-6-10-21(11-7-19)25(29)24-23(20-8-9-20)13-12-22-14-26-15-27(22)24/h2-5,12-15,19-21,25,29H,6-11H2,1H3. The molecule has 4 nitrogen and oxygen atoms in total. The van der Waals surface area contributed by atoms with Gasteiger partial charge in [-0.25, -0.2) is 4.98 Å². The van der Waals surface area contributed by atoms with E-state index in [1.807, 2.05) is 24.7 Å². The topological polar surface area (TPSA) is 54.6 Å². The summed E-state index contributed by atoms with van der Waals surface area (Å²) in [5, 5.41) is 11.4. The van der Waals surface area contributed by atoms with Gasteiger partial charge in [0.25, 0.3) is 0 Å². The van der Waals surface area contributed by atoms with E-state index < -0.39 is 6.10 Å². The van der Waals surface area contributed by atoms with E-state index in [1.165, 1.54) is 24.0 Å². The van der Waals surface area contributed by atoms with Gasteiger partial charge in [0.2, 0.25) is 0 Å². The second-order valence-electron chi connectivity index (χ2n) is 8.87. The van der Waals surface area contributed by atoms with Crippen LogP contribution < -0.4 is 0 Å². The molecule has 2 fully saturated rings. The average Bonchev–Trinajstić information content (AvgIpc) is 3.49. The number of hydrogen-bond acceptors (Lipinski definition) is 3. The number of Topliss-reactive ketones (excluding diaryl/α,β-unsaturated/α-hetero) is 1. The minimum Gasteiger partial charge on any atom is -0.387 e. The van der Waals surface area contributed by atoms with E-state index in [0.717, 1.165) is 42.5 Å². The van der Waals surface area contributed by atoms with E-state index in [9.17, 15) is 9.90 Å². The maximum atomic E-state index is 11.5. The Morgan fingerprint density at radius 1 is 1.00 bits per heavy atom. The molecule has 2 saturated carbocycles. The highest BCUT2D eigenvalue weighted by Crippen LogP contribution is 2.47. The highest BCUT2D eigenvalue weighted by atomic mass is 16.3. The minimum atomic E-state index is -0.440. The SMILES string of the molecule is CC(=O)c1ccc(C2CCC(C(O)c3c(C4CC4)ccc4cncn34)CC2)cc1. The average molecular weight is 389 g/mol. The highest BCUT2D eigenvalue weighted by Gasteiger charge is 2.34. The van der Waals surface area contributed by atoms with Crippen LogP contribution in [-0.4, -0.2) is 20.3 Å². The molecule has 0 spiro atoms. The quantitative estimate of drug-likeness (QED) is 0.594. The van der Waals surface area contributed by atoms with Gasteiger partial charge in [-0.2, -0.15) is 0 Å². The number of carbonyl (C=O) groups excluding carboxylic acids is 1. The van der Waals surface area contributed by atoms with Crippen LogP contribution in [0.3, 0.4) is 0 Å². The second-order valence-corrected chi connectivity index (χ2v) is 8.87. The number of aliphatic hydroxyl groups is 1.